The van der Waals surface area contributed by atoms with Gasteiger partial charge in [-0.25, -0.2) is 0 Å². The lowest BCUT2D eigenvalue weighted by Crippen LogP contribution is -2.11. The zero-order valence-corrected chi connectivity index (χ0v) is 9.56. The van der Waals surface area contributed by atoms with E-state index in [2.05, 4.69) is 34.6 Å². The van der Waals surface area contributed by atoms with Crippen LogP contribution < -0.4 is 0 Å². The van der Waals surface area contributed by atoms with E-state index >= 15 is 0 Å². The molecule has 72 valence electrons. The van der Waals surface area contributed by atoms with Crippen LogP contribution in [0.25, 0.3) is 0 Å². The van der Waals surface area contributed by atoms with Gasteiger partial charge in [0.15, 0.2) is 0 Å². The molecule has 0 saturated carbocycles. The minimum atomic E-state index is 0.911. The van der Waals surface area contributed by atoms with Gasteiger partial charge in [0.2, 0.25) is 0 Å². The molecule has 12 heavy (non-hydrogen) atoms. The van der Waals surface area contributed by atoms with Crippen LogP contribution in [0.5, 0.6) is 0 Å². The van der Waals surface area contributed by atoms with Gasteiger partial charge in [0.1, 0.15) is 7.28 Å². The first-order valence-corrected chi connectivity index (χ1v) is 5.61. The van der Waals surface area contributed by atoms with Crippen molar-refractivity contribution in [1.29, 1.82) is 0 Å². The van der Waals surface area contributed by atoms with E-state index in [-0.39, 0.29) is 0 Å². The van der Waals surface area contributed by atoms with Crippen LogP contribution in [0.4, 0.5) is 0 Å². The Hall–Kier alpha value is 0.0649. The van der Waals surface area contributed by atoms with Gasteiger partial charge in [-0.3, -0.25) is 0 Å². The van der Waals surface area contributed by atoms with E-state index in [1.807, 2.05) is 0 Å². The number of rotatable bonds is 6. The standard InChI is InChI=1S/C11H25B/c1-6-9(3)8-12-11(5)10(4)7-2/h9-12H,6-8H2,1-5H3. The molecule has 0 aromatic heterocycles. The lowest BCUT2D eigenvalue weighted by atomic mass is 9.55. The second kappa shape index (κ2) is 6.57. The third-order valence-corrected chi connectivity index (χ3v) is 3.43. The molecule has 0 aromatic rings. The SMILES string of the molecule is CCC(C)CBC(C)C(C)CC. The Morgan fingerprint density at radius 1 is 1.00 bits per heavy atom. The molecule has 0 amide bonds. The molecule has 0 heterocycles. The molecular formula is C11H25B. The molecule has 0 saturated heterocycles. The third kappa shape index (κ3) is 4.85. The van der Waals surface area contributed by atoms with E-state index in [0.29, 0.717) is 0 Å². The molecule has 0 aliphatic rings. The summed E-state index contributed by atoms with van der Waals surface area (Å²) in [5, 5.41) is 0. The van der Waals surface area contributed by atoms with Crippen LogP contribution >= 0.6 is 0 Å². The van der Waals surface area contributed by atoms with Crippen molar-refractivity contribution < 1.29 is 0 Å². The number of hydrogen-bond donors (Lipinski definition) is 0. The minimum absolute atomic E-state index is 0.911. The molecule has 0 aliphatic heterocycles. The van der Waals surface area contributed by atoms with Crippen molar-refractivity contribution in [2.24, 2.45) is 11.8 Å². The maximum Gasteiger partial charge on any atom is 0.124 e. The van der Waals surface area contributed by atoms with Crippen molar-refractivity contribution in [2.75, 3.05) is 0 Å². The summed E-state index contributed by atoms with van der Waals surface area (Å²) in [7, 11) is 1.42. The van der Waals surface area contributed by atoms with Gasteiger partial charge in [-0.2, -0.15) is 0 Å². The van der Waals surface area contributed by atoms with E-state index in [1.54, 1.807) is 0 Å². The molecule has 0 radical (unpaired) electrons. The maximum absolute atomic E-state index is 2.40. The summed E-state index contributed by atoms with van der Waals surface area (Å²) in [5.74, 6) is 2.76. The Balaban J connectivity index is 3.49. The fourth-order valence-electron chi connectivity index (χ4n) is 1.44. The highest BCUT2D eigenvalue weighted by Crippen LogP contribution is 2.22. The van der Waals surface area contributed by atoms with Gasteiger partial charge in [-0.1, -0.05) is 65.5 Å². The monoisotopic (exact) mass is 168 g/mol. The average Bonchev–Trinajstić information content (AvgIpc) is 2.11. The highest BCUT2D eigenvalue weighted by molar-refractivity contribution is 6.37. The molecule has 3 atom stereocenters. The van der Waals surface area contributed by atoms with Crippen LogP contribution in [-0.4, -0.2) is 7.28 Å². The highest BCUT2D eigenvalue weighted by Gasteiger charge is 2.12. The van der Waals surface area contributed by atoms with Gasteiger partial charge in [0.05, 0.1) is 0 Å². The fraction of sp³-hybridized carbons (Fsp3) is 1.00. The van der Waals surface area contributed by atoms with E-state index in [1.165, 1.54) is 26.4 Å². The second-order valence-corrected chi connectivity index (χ2v) is 4.45. The quantitative estimate of drug-likeness (QED) is 0.530. The molecule has 0 spiro atoms. The summed E-state index contributed by atoms with van der Waals surface area (Å²) in [4.78, 5) is 0. The summed E-state index contributed by atoms with van der Waals surface area (Å²) >= 11 is 0. The lowest BCUT2D eigenvalue weighted by Gasteiger charge is -2.18. The van der Waals surface area contributed by atoms with Crippen LogP contribution in [0.1, 0.15) is 47.5 Å². The maximum atomic E-state index is 2.40. The van der Waals surface area contributed by atoms with Gasteiger partial charge in [0.25, 0.3) is 0 Å². The second-order valence-electron chi connectivity index (χ2n) is 4.45. The predicted octanol–water partition coefficient (Wildman–Crippen LogP) is 3.74. The Labute approximate surface area is 79.4 Å². The molecular weight excluding hydrogens is 143 g/mol. The first-order chi connectivity index (χ1) is 5.61. The third-order valence-electron chi connectivity index (χ3n) is 3.43. The molecule has 3 unspecified atom stereocenters. The van der Waals surface area contributed by atoms with Gasteiger partial charge in [0, 0.05) is 0 Å². The minimum Gasteiger partial charge on any atom is -0.0746 e. The fourth-order valence-corrected chi connectivity index (χ4v) is 1.44. The van der Waals surface area contributed by atoms with Gasteiger partial charge < -0.3 is 0 Å². The molecule has 0 bridgehead atoms. The van der Waals surface area contributed by atoms with E-state index in [9.17, 15) is 0 Å². The zero-order valence-electron chi connectivity index (χ0n) is 9.56. The smallest absolute Gasteiger partial charge is 0.0746 e. The van der Waals surface area contributed by atoms with E-state index in [4.69, 9.17) is 0 Å². The molecule has 0 nitrogen and oxygen atoms in total. The van der Waals surface area contributed by atoms with Crippen molar-refractivity contribution in [2.45, 2.75) is 59.6 Å². The van der Waals surface area contributed by atoms with Crippen molar-refractivity contribution in [3.05, 3.63) is 0 Å². The first-order valence-electron chi connectivity index (χ1n) is 5.61. The van der Waals surface area contributed by atoms with Gasteiger partial charge in [-0.15, -0.1) is 0 Å². The molecule has 0 aromatic carbocycles. The van der Waals surface area contributed by atoms with Crippen molar-refractivity contribution in [3.8, 4) is 0 Å². The van der Waals surface area contributed by atoms with Crippen molar-refractivity contribution in [1.82, 2.24) is 0 Å². The molecule has 0 aliphatic carbocycles. The molecule has 1 heteroatoms. The molecule has 0 rings (SSSR count). The zero-order chi connectivity index (χ0) is 9.56. The molecule has 0 N–H and O–H groups in total. The van der Waals surface area contributed by atoms with Crippen molar-refractivity contribution in [3.63, 3.8) is 0 Å². The van der Waals surface area contributed by atoms with Crippen molar-refractivity contribution >= 4 is 7.28 Å². The summed E-state index contributed by atoms with van der Waals surface area (Å²) < 4.78 is 0. The van der Waals surface area contributed by atoms with Crippen LogP contribution in [0.2, 0.25) is 12.1 Å². The summed E-state index contributed by atoms with van der Waals surface area (Å²) in [6.07, 6.45) is 4.09. The Morgan fingerprint density at radius 3 is 2.00 bits per heavy atom. The summed E-state index contributed by atoms with van der Waals surface area (Å²) in [5.41, 5.74) is 0. The number of hydrogen-bond acceptors (Lipinski definition) is 0. The van der Waals surface area contributed by atoms with Crippen LogP contribution in [-0.2, 0) is 0 Å². The average molecular weight is 168 g/mol. The Kier molecular flexibility index (Phi) is 6.60. The summed E-state index contributed by atoms with van der Waals surface area (Å²) in [6.45, 7) is 11.7. The topological polar surface area (TPSA) is 0 Å². The normalized spacial score (nSPS) is 18.4. The lowest BCUT2D eigenvalue weighted by molar-refractivity contribution is 0.531. The van der Waals surface area contributed by atoms with Gasteiger partial charge in [-0.05, 0) is 5.92 Å². The van der Waals surface area contributed by atoms with E-state index in [0.717, 1.165) is 17.7 Å². The van der Waals surface area contributed by atoms with E-state index < -0.39 is 0 Å². The van der Waals surface area contributed by atoms with Gasteiger partial charge >= 0.3 is 0 Å². The highest BCUT2D eigenvalue weighted by atomic mass is 14.1. The first kappa shape index (κ1) is 12.1. The predicted molar refractivity (Wildman–Crippen MR) is 60.3 cm³/mol. The van der Waals surface area contributed by atoms with Crippen LogP contribution in [0, 0.1) is 11.8 Å². The Morgan fingerprint density at radius 2 is 1.58 bits per heavy atom. The summed E-state index contributed by atoms with van der Waals surface area (Å²) in [6, 6.07) is 0. The molecule has 0 fully saturated rings. The largest absolute Gasteiger partial charge is 0.124 e. The van der Waals surface area contributed by atoms with Crippen LogP contribution in [0.3, 0.4) is 0 Å². The Bertz CT molecular complexity index is 101. The van der Waals surface area contributed by atoms with Crippen LogP contribution in [0.15, 0.2) is 0 Å².